The van der Waals surface area contributed by atoms with Gasteiger partial charge in [0.1, 0.15) is 11.5 Å². The maximum absolute atomic E-state index is 12.6. The van der Waals surface area contributed by atoms with E-state index in [4.69, 9.17) is 25.8 Å². The Morgan fingerprint density at radius 3 is 2.33 bits per heavy atom. The van der Waals surface area contributed by atoms with Crippen molar-refractivity contribution in [2.75, 3.05) is 25.1 Å². The molecule has 162 valence electrons. The minimum absolute atomic E-state index is 0.0285. The number of anilines is 1. The van der Waals surface area contributed by atoms with Gasteiger partial charge in [0.25, 0.3) is 5.91 Å². The van der Waals surface area contributed by atoms with Gasteiger partial charge in [0.2, 0.25) is 0 Å². The fraction of sp³-hybridized carbons (Fsp3) is 0.316. The Kier molecular flexibility index (Phi) is 8.28. The zero-order valence-corrected chi connectivity index (χ0v) is 16.5. The van der Waals surface area contributed by atoms with Gasteiger partial charge in [-0.15, -0.1) is 0 Å². The van der Waals surface area contributed by atoms with Gasteiger partial charge in [0.15, 0.2) is 12.4 Å². The molecule has 0 aliphatic heterocycles. The molecule has 1 N–H and O–H groups in total. The van der Waals surface area contributed by atoms with Gasteiger partial charge in [0, 0.05) is 6.20 Å². The van der Waals surface area contributed by atoms with E-state index < -0.39 is 35.2 Å². The number of rotatable bonds is 9. The van der Waals surface area contributed by atoms with Crippen LogP contribution >= 0.6 is 11.6 Å². The zero-order chi connectivity index (χ0) is 22.1. The van der Waals surface area contributed by atoms with Crippen LogP contribution in [0.5, 0.6) is 11.5 Å². The maximum atomic E-state index is 12.6. The van der Waals surface area contributed by atoms with E-state index in [-0.39, 0.29) is 18.8 Å². The lowest BCUT2D eigenvalue weighted by atomic mass is 10.3. The van der Waals surface area contributed by atoms with Crippen LogP contribution in [0.4, 0.5) is 19.0 Å². The van der Waals surface area contributed by atoms with Crippen LogP contribution in [0.2, 0.25) is 5.02 Å². The highest BCUT2D eigenvalue weighted by atomic mass is 35.5. The van der Waals surface area contributed by atoms with Crippen LogP contribution in [-0.4, -0.2) is 36.7 Å². The molecule has 7 nitrogen and oxygen atoms in total. The van der Waals surface area contributed by atoms with Crippen molar-refractivity contribution in [1.29, 1.82) is 0 Å². The van der Waals surface area contributed by atoms with E-state index in [9.17, 15) is 22.8 Å². The third kappa shape index (κ3) is 7.43. The number of carbonyl (C=O) groups excluding carboxylic acids is 2. The Morgan fingerprint density at radius 2 is 1.77 bits per heavy atom. The molecule has 2 aromatic rings. The summed E-state index contributed by atoms with van der Waals surface area (Å²) >= 11 is 5.69. The second-order valence-electron chi connectivity index (χ2n) is 5.76. The van der Waals surface area contributed by atoms with Crippen molar-refractivity contribution in [2.45, 2.75) is 19.5 Å². The number of nitrogens with one attached hydrogen (secondary N) is 1. The molecule has 1 amide bonds. The molecule has 1 aromatic heterocycles. The molecule has 0 aliphatic carbocycles. The summed E-state index contributed by atoms with van der Waals surface area (Å²) in [6.45, 7) is 1.79. The number of amides is 1. The molecule has 0 aliphatic rings. The van der Waals surface area contributed by atoms with Crippen LogP contribution in [0.1, 0.15) is 18.9 Å². The summed E-state index contributed by atoms with van der Waals surface area (Å²) in [4.78, 5) is 26.9. The lowest BCUT2D eigenvalue weighted by Gasteiger charge is -2.10. The summed E-state index contributed by atoms with van der Waals surface area (Å²) in [5, 5.41) is 1.78. The van der Waals surface area contributed by atoms with E-state index in [0.717, 1.165) is 0 Å². The first kappa shape index (κ1) is 23.3. The van der Waals surface area contributed by atoms with E-state index >= 15 is 0 Å². The fourth-order valence-electron chi connectivity index (χ4n) is 2.12. The van der Waals surface area contributed by atoms with Gasteiger partial charge in [0.05, 0.1) is 30.2 Å². The molecule has 1 heterocycles. The lowest BCUT2D eigenvalue weighted by Crippen LogP contribution is -2.22. The Morgan fingerprint density at radius 1 is 1.13 bits per heavy atom. The van der Waals surface area contributed by atoms with E-state index in [1.165, 1.54) is 0 Å². The summed E-state index contributed by atoms with van der Waals surface area (Å²) in [6, 6.07) is 7.45. The standard InChI is InChI=1S/C19H18ClF3N2O5/c1-2-28-13-3-5-14(6-4-13)29-8-7-17(27)30-11-16(26)25-18-15(20)9-12(10-24-18)19(21,22)23/h3-6,9-10H,2,7-8,11H2,1H3,(H,24,25,26). The second-order valence-corrected chi connectivity index (χ2v) is 6.17. The quantitative estimate of drug-likeness (QED) is 0.583. The number of aromatic nitrogens is 1. The molecule has 0 saturated heterocycles. The number of esters is 1. The Bertz CT molecular complexity index is 875. The molecular formula is C19H18ClF3N2O5. The van der Waals surface area contributed by atoms with Crippen LogP contribution < -0.4 is 14.8 Å². The molecule has 30 heavy (non-hydrogen) atoms. The highest BCUT2D eigenvalue weighted by Crippen LogP contribution is 2.32. The zero-order valence-electron chi connectivity index (χ0n) is 15.8. The summed E-state index contributed by atoms with van der Waals surface area (Å²) in [6.07, 6.45) is -4.19. The van der Waals surface area contributed by atoms with Gasteiger partial charge >= 0.3 is 12.1 Å². The third-order valence-corrected chi connectivity index (χ3v) is 3.79. The van der Waals surface area contributed by atoms with Crippen molar-refractivity contribution in [3.05, 3.63) is 47.1 Å². The van der Waals surface area contributed by atoms with Gasteiger partial charge in [-0.3, -0.25) is 9.59 Å². The second kappa shape index (κ2) is 10.7. The SMILES string of the molecule is CCOc1ccc(OCCC(=O)OCC(=O)Nc2ncc(C(F)(F)F)cc2Cl)cc1. The highest BCUT2D eigenvalue weighted by molar-refractivity contribution is 6.33. The first-order valence-electron chi connectivity index (χ1n) is 8.73. The lowest BCUT2D eigenvalue weighted by molar-refractivity contribution is -0.147. The van der Waals surface area contributed by atoms with Gasteiger partial charge < -0.3 is 19.5 Å². The van der Waals surface area contributed by atoms with Crippen LogP contribution in [0.25, 0.3) is 0 Å². The molecule has 2 rings (SSSR count). The van der Waals surface area contributed by atoms with Crippen molar-refractivity contribution in [2.24, 2.45) is 0 Å². The summed E-state index contributed by atoms with van der Waals surface area (Å²) in [5.41, 5.74) is -1.05. The number of ether oxygens (including phenoxy) is 3. The number of halogens is 4. The van der Waals surface area contributed by atoms with Crippen molar-refractivity contribution in [3.8, 4) is 11.5 Å². The predicted molar refractivity (Wildman–Crippen MR) is 102 cm³/mol. The smallest absolute Gasteiger partial charge is 0.417 e. The molecule has 0 atom stereocenters. The van der Waals surface area contributed by atoms with E-state index in [2.05, 4.69) is 10.3 Å². The monoisotopic (exact) mass is 446 g/mol. The maximum Gasteiger partial charge on any atom is 0.417 e. The number of alkyl halides is 3. The molecule has 0 spiro atoms. The van der Waals surface area contributed by atoms with Crippen molar-refractivity contribution in [1.82, 2.24) is 4.98 Å². The number of hydrogen-bond donors (Lipinski definition) is 1. The fourth-order valence-corrected chi connectivity index (χ4v) is 2.34. The molecular weight excluding hydrogens is 429 g/mol. The largest absolute Gasteiger partial charge is 0.494 e. The Balaban J connectivity index is 1.72. The number of nitrogens with zero attached hydrogens (tertiary/aromatic N) is 1. The molecule has 0 saturated carbocycles. The third-order valence-electron chi connectivity index (χ3n) is 3.50. The van der Waals surface area contributed by atoms with E-state index in [1.54, 1.807) is 24.3 Å². The van der Waals surface area contributed by atoms with Crippen LogP contribution in [0, 0.1) is 0 Å². The Hall–Kier alpha value is -3.01. The van der Waals surface area contributed by atoms with Gasteiger partial charge in [-0.1, -0.05) is 11.6 Å². The number of carbonyl (C=O) groups is 2. The number of hydrogen-bond acceptors (Lipinski definition) is 6. The van der Waals surface area contributed by atoms with E-state index in [0.29, 0.717) is 30.4 Å². The molecule has 0 unspecified atom stereocenters. The van der Waals surface area contributed by atoms with Gasteiger partial charge in [-0.25, -0.2) is 4.98 Å². The summed E-state index contributed by atoms with van der Waals surface area (Å²) < 4.78 is 53.2. The van der Waals surface area contributed by atoms with Gasteiger partial charge in [-0.05, 0) is 37.3 Å². The topological polar surface area (TPSA) is 86.8 Å². The molecule has 0 bridgehead atoms. The van der Waals surface area contributed by atoms with Crippen LogP contribution in [0.15, 0.2) is 36.5 Å². The van der Waals surface area contributed by atoms with Crippen molar-refractivity contribution < 1.29 is 37.0 Å². The normalized spacial score (nSPS) is 11.0. The first-order chi connectivity index (χ1) is 14.2. The van der Waals surface area contributed by atoms with Crippen LogP contribution in [-0.2, 0) is 20.5 Å². The average molecular weight is 447 g/mol. The summed E-state index contributed by atoms with van der Waals surface area (Å²) in [7, 11) is 0. The average Bonchev–Trinajstić information content (AvgIpc) is 2.69. The first-order valence-corrected chi connectivity index (χ1v) is 9.10. The summed E-state index contributed by atoms with van der Waals surface area (Å²) in [5.74, 6) is -0.540. The molecule has 1 aromatic carbocycles. The number of benzene rings is 1. The van der Waals surface area contributed by atoms with Crippen LogP contribution in [0.3, 0.4) is 0 Å². The number of pyridine rings is 1. The van der Waals surface area contributed by atoms with E-state index in [1.807, 2.05) is 6.92 Å². The van der Waals surface area contributed by atoms with Gasteiger partial charge in [-0.2, -0.15) is 13.2 Å². The van der Waals surface area contributed by atoms with Crippen molar-refractivity contribution >= 4 is 29.3 Å². The minimum atomic E-state index is -4.61. The molecule has 11 heteroatoms. The minimum Gasteiger partial charge on any atom is -0.494 e. The van der Waals surface area contributed by atoms with Crippen molar-refractivity contribution in [3.63, 3.8) is 0 Å². The molecule has 0 fully saturated rings. The highest BCUT2D eigenvalue weighted by Gasteiger charge is 2.31. The predicted octanol–water partition coefficient (Wildman–Crippen LogP) is 4.10. The molecule has 0 radical (unpaired) electrons. The Labute approximate surface area is 175 Å².